The number of halogens is 3. The van der Waals surface area contributed by atoms with Crippen LogP contribution in [0.3, 0.4) is 0 Å². The summed E-state index contributed by atoms with van der Waals surface area (Å²) in [7, 11) is 0. The maximum absolute atomic E-state index is 13.2. The van der Waals surface area contributed by atoms with Crippen LogP contribution in [0.1, 0.15) is 28.7 Å². The summed E-state index contributed by atoms with van der Waals surface area (Å²) in [6, 6.07) is 6.44. The van der Waals surface area contributed by atoms with Crippen LogP contribution >= 0.6 is 34.2 Å². The molecule has 0 amide bonds. The Morgan fingerprint density at radius 1 is 1.35 bits per heavy atom. The second-order valence-electron chi connectivity index (χ2n) is 4.70. The minimum atomic E-state index is -0.559. The zero-order valence-electron chi connectivity index (χ0n) is 11.4. The van der Waals surface area contributed by atoms with Crippen LogP contribution in [0, 0.1) is 23.2 Å². The molecule has 1 unspecified atom stereocenters. The van der Waals surface area contributed by atoms with Crippen molar-refractivity contribution in [3.63, 3.8) is 0 Å². The van der Waals surface area contributed by atoms with E-state index in [1.165, 1.54) is 12.1 Å². The molecule has 1 aromatic heterocycles. The highest BCUT2D eigenvalue weighted by molar-refractivity contribution is 14.1. The van der Waals surface area contributed by atoms with Crippen LogP contribution in [0.4, 0.5) is 4.39 Å². The first-order valence-electron chi connectivity index (χ1n) is 6.15. The molecule has 1 atom stereocenters. The minimum absolute atomic E-state index is 0.0943. The van der Waals surface area contributed by atoms with Gasteiger partial charge in [-0.25, -0.2) is 4.39 Å². The van der Waals surface area contributed by atoms with Crippen molar-refractivity contribution in [2.24, 2.45) is 0 Å². The summed E-state index contributed by atoms with van der Waals surface area (Å²) < 4.78 is 16.0. The van der Waals surface area contributed by atoms with E-state index in [4.69, 9.17) is 11.6 Å². The zero-order chi connectivity index (χ0) is 15.0. The molecule has 0 radical (unpaired) electrons. The number of carbonyl (C=O) groups is 1. The number of aryl methyl sites for hydroxylation is 1. The number of alkyl halides is 1. The fraction of sp³-hybridized carbons (Fsp3) is 0.267. The van der Waals surface area contributed by atoms with E-state index in [1.807, 2.05) is 24.5 Å². The number of carbonyl (C=O) groups excluding carboxylic acids is 1. The van der Waals surface area contributed by atoms with Gasteiger partial charge in [0.25, 0.3) is 0 Å². The second-order valence-corrected chi connectivity index (χ2v) is 6.51. The molecule has 0 N–H and O–H groups in total. The van der Waals surface area contributed by atoms with E-state index in [1.54, 1.807) is 13.0 Å². The Morgan fingerprint density at radius 2 is 2.00 bits per heavy atom. The quantitative estimate of drug-likeness (QED) is 0.414. The van der Waals surface area contributed by atoms with Crippen molar-refractivity contribution in [2.75, 3.05) is 0 Å². The van der Waals surface area contributed by atoms with Gasteiger partial charge in [-0.3, -0.25) is 4.79 Å². The molecule has 106 valence electrons. The molecule has 2 aromatic rings. The van der Waals surface area contributed by atoms with Crippen molar-refractivity contribution >= 4 is 40.0 Å². The fourth-order valence-corrected chi connectivity index (χ4v) is 3.10. The number of benzene rings is 1. The van der Waals surface area contributed by atoms with Gasteiger partial charge in [0.2, 0.25) is 0 Å². The standard InChI is InChI=1S/C15H14ClFINO/c1-8-6-12(15(20)9(2)16)10(3)19(8)14-5-4-11(17)7-13(14)18/h4-7,9H,1-3H3. The first-order valence-corrected chi connectivity index (χ1v) is 7.67. The number of hydrogen-bond donors (Lipinski definition) is 0. The van der Waals surface area contributed by atoms with Crippen molar-refractivity contribution < 1.29 is 9.18 Å². The summed E-state index contributed by atoms with van der Waals surface area (Å²) in [4.78, 5) is 12.1. The van der Waals surface area contributed by atoms with Gasteiger partial charge in [0.05, 0.1) is 11.1 Å². The van der Waals surface area contributed by atoms with Gasteiger partial charge in [0.1, 0.15) is 5.82 Å². The monoisotopic (exact) mass is 405 g/mol. The third-order valence-corrected chi connectivity index (χ3v) is 4.27. The molecule has 1 aromatic carbocycles. The zero-order valence-corrected chi connectivity index (χ0v) is 14.3. The lowest BCUT2D eigenvalue weighted by Gasteiger charge is -2.12. The first-order chi connectivity index (χ1) is 9.32. The molecule has 0 aliphatic rings. The molecule has 5 heteroatoms. The van der Waals surface area contributed by atoms with Crippen molar-refractivity contribution in [2.45, 2.75) is 26.1 Å². The molecule has 0 saturated carbocycles. The number of ketones is 1. The summed E-state index contributed by atoms with van der Waals surface area (Å²) >= 11 is 7.98. The number of aromatic nitrogens is 1. The lowest BCUT2D eigenvalue weighted by atomic mass is 10.1. The van der Waals surface area contributed by atoms with E-state index in [-0.39, 0.29) is 11.6 Å². The molecule has 0 fully saturated rings. The Morgan fingerprint density at radius 3 is 2.55 bits per heavy atom. The predicted molar refractivity (Wildman–Crippen MR) is 87.6 cm³/mol. The van der Waals surface area contributed by atoms with Crippen LogP contribution < -0.4 is 0 Å². The van der Waals surface area contributed by atoms with Crippen LogP contribution in [-0.4, -0.2) is 15.7 Å². The Labute approximate surface area is 136 Å². The van der Waals surface area contributed by atoms with E-state index in [0.717, 1.165) is 20.6 Å². The summed E-state index contributed by atoms with van der Waals surface area (Å²) in [5, 5.41) is -0.559. The minimum Gasteiger partial charge on any atom is -0.317 e. The summed E-state index contributed by atoms with van der Waals surface area (Å²) in [5.41, 5.74) is 3.23. The molecule has 2 rings (SSSR count). The first kappa shape index (κ1) is 15.5. The largest absolute Gasteiger partial charge is 0.317 e. The number of Topliss-reactive ketones (excluding diaryl/α,β-unsaturated/α-hetero) is 1. The normalized spacial score (nSPS) is 12.5. The number of hydrogen-bond acceptors (Lipinski definition) is 1. The second kappa shape index (κ2) is 5.85. The van der Waals surface area contributed by atoms with Gasteiger partial charge < -0.3 is 4.57 Å². The molecule has 0 aliphatic carbocycles. The number of nitrogens with zero attached hydrogens (tertiary/aromatic N) is 1. The van der Waals surface area contributed by atoms with Gasteiger partial charge in [-0.15, -0.1) is 11.6 Å². The summed E-state index contributed by atoms with van der Waals surface area (Å²) in [6.07, 6.45) is 0. The van der Waals surface area contributed by atoms with Crippen LogP contribution in [0.15, 0.2) is 24.3 Å². The SMILES string of the molecule is Cc1cc(C(=O)C(C)Cl)c(C)n1-c1ccc(F)cc1I. The third kappa shape index (κ3) is 2.76. The van der Waals surface area contributed by atoms with Crippen LogP contribution in [0.5, 0.6) is 0 Å². The smallest absolute Gasteiger partial charge is 0.182 e. The van der Waals surface area contributed by atoms with Gasteiger partial charge in [0, 0.05) is 20.5 Å². The lowest BCUT2D eigenvalue weighted by Crippen LogP contribution is -2.12. The maximum atomic E-state index is 13.2. The molecule has 20 heavy (non-hydrogen) atoms. The average Bonchev–Trinajstić information content (AvgIpc) is 2.65. The molecular weight excluding hydrogens is 392 g/mol. The van der Waals surface area contributed by atoms with Crippen LogP contribution in [0.25, 0.3) is 5.69 Å². The van der Waals surface area contributed by atoms with Crippen molar-refractivity contribution in [1.82, 2.24) is 4.57 Å². The van der Waals surface area contributed by atoms with Crippen molar-refractivity contribution in [1.29, 1.82) is 0 Å². The summed E-state index contributed by atoms with van der Waals surface area (Å²) in [5.74, 6) is -0.366. The highest BCUT2D eigenvalue weighted by Crippen LogP contribution is 2.26. The molecule has 0 spiro atoms. The lowest BCUT2D eigenvalue weighted by molar-refractivity contribution is 0.0991. The van der Waals surface area contributed by atoms with Crippen LogP contribution in [-0.2, 0) is 0 Å². The topological polar surface area (TPSA) is 22.0 Å². The van der Waals surface area contributed by atoms with E-state index in [2.05, 4.69) is 22.6 Å². The van der Waals surface area contributed by atoms with Gasteiger partial charge in [-0.2, -0.15) is 0 Å². The molecule has 0 bridgehead atoms. The third-order valence-electron chi connectivity index (χ3n) is 3.21. The fourth-order valence-electron chi connectivity index (χ4n) is 2.26. The predicted octanol–water partition coefficient (Wildman–Crippen LogP) is 4.65. The summed E-state index contributed by atoms with van der Waals surface area (Å²) in [6.45, 7) is 5.46. The molecule has 0 aliphatic heterocycles. The van der Waals surface area contributed by atoms with E-state index in [0.29, 0.717) is 5.56 Å². The highest BCUT2D eigenvalue weighted by atomic mass is 127. The maximum Gasteiger partial charge on any atom is 0.182 e. The van der Waals surface area contributed by atoms with Gasteiger partial charge in [-0.1, -0.05) is 0 Å². The molecule has 0 saturated heterocycles. The molecule has 2 nitrogen and oxygen atoms in total. The van der Waals surface area contributed by atoms with Crippen molar-refractivity contribution in [3.05, 3.63) is 50.6 Å². The average molecular weight is 406 g/mol. The van der Waals surface area contributed by atoms with Crippen molar-refractivity contribution in [3.8, 4) is 5.69 Å². The van der Waals surface area contributed by atoms with Gasteiger partial charge in [0.15, 0.2) is 5.78 Å². The molecular formula is C15H14ClFINO. The van der Waals surface area contributed by atoms with Crippen LogP contribution in [0.2, 0.25) is 0 Å². The number of rotatable bonds is 3. The Balaban J connectivity index is 2.61. The highest BCUT2D eigenvalue weighted by Gasteiger charge is 2.20. The Hall–Kier alpha value is -0.880. The van der Waals surface area contributed by atoms with E-state index >= 15 is 0 Å². The Kier molecular flexibility index (Phi) is 4.54. The Bertz CT molecular complexity index is 679. The molecule has 1 heterocycles. The van der Waals surface area contributed by atoms with E-state index < -0.39 is 5.38 Å². The van der Waals surface area contributed by atoms with Gasteiger partial charge >= 0.3 is 0 Å². The van der Waals surface area contributed by atoms with Gasteiger partial charge in [-0.05, 0) is 67.6 Å². The van der Waals surface area contributed by atoms with E-state index in [9.17, 15) is 9.18 Å².